The Morgan fingerprint density at radius 3 is 1.86 bits per heavy atom. The van der Waals surface area contributed by atoms with E-state index in [-0.39, 0.29) is 59.2 Å². The molecule has 340 valence electrons. The van der Waals surface area contributed by atoms with Crippen LogP contribution in [0.4, 0.5) is 25.4 Å². The van der Waals surface area contributed by atoms with E-state index in [1.807, 2.05) is 26.8 Å². The molecule has 22 heteroatoms. The number of thiazole rings is 2. The Labute approximate surface area is 375 Å². The van der Waals surface area contributed by atoms with Crippen LogP contribution < -0.4 is 20.9 Å². The number of amides is 4. The van der Waals surface area contributed by atoms with E-state index in [0.29, 0.717) is 34.4 Å². The normalized spacial score (nSPS) is 14.9. The van der Waals surface area contributed by atoms with E-state index in [4.69, 9.17) is 10.3 Å². The summed E-state index contributed by atoms with van der Waals surface area (Å²) in [6.45, 7) is 16.0. The molecule has 0 aliphatic heterocycles. The van der Waals surface area contributed by atoms with Crippen LogP contribution in [0.2, 0.25) is 0 Å². The highest BCUT2D eigenvalue weighted by Gasteiger charge is 2.30. The number of halogens is 1. The molecule has 63 heavy (non-hydrogen) atoms. The Bertz CT molecular complexity index is 2760. The number of carbonyl (C=O) groups is 2. The van der Waals surface area contributed by atoms with Gasteiger partial charge >= 0.3 is 12.1 Å². The van der Waals surface area contributed by atoms with Gasteiger partial charge in [-0.15, -0.1) is 31.4 Å². The van der Waals surface area contributed by atoms with Crippen molar-refractivity contribution in [1.29, 1.82) is 10.5 Å². The number of carbonyl (C=O) groups excluding carboxylic acids is 2. The van der Waals surface area contributed by atoms with Crippen LogP contribution in [0.25, 0.3) is 0 Å². The Morgan fingerprint density at radius 1 is 0.825 bits per heavy atom. The predicted octanol–water partition coefficient (Wildman–Crippen LogP) is 8.23. The van der Waals surface area contributed by atoms with Gasteiger partial charge in [0.15, 0.2) is 19.8 Å². The summed E-state index contributed by atoms with van der Waals surface area (Å²) in [4.78, 5) is 35.3. The Balaban J connectivity index is 1.74. The molecule has 0 fully saturated rings. The minimum Gasteiger partial charge on any atom is -0.390 e. The van der Waals surface area contributed by atoms with Gasteiger partial charge in [-0.25, -0.2) is 42.6 Å². The van der Waals surface area contributed by atoms with Crippen molar-refractivity contribution in [2.75, 3.05) is 10.6 Å². The van der Waals surface area contributed by atoms with Crippen LogP contribution in [0.3, 0.4) is 0 Å². The minimum absolute atomic E-state index is 0.00130. The molecule has 2 aromatic carbocycles. The van der Waals surface area contributed by atoms with Crippen LogP contribution in [-0.2, 0) is 37.6 Å². The van der Waals surface area contributed by atoms with E-state index in [1.54, 1.807) is 32.9 Å². The third-order valence-corrected chi connectivity index (χ3v) is 16.4. The number of anilines is 2. The summed E-state index contributed by atoms with van der Waals surface area (Å²) >= 11 is 1.58. The molecule has 4 atom stereocenters. The maximum Gasteiger partial charge on any atom is 0.354 e. The number of nitrogens with zero attached hydrogens (tertiary/aromatic N) is 6. The van der Waals surface area contributed by atoms with Gasteiger partial charge in [-0.1, -0.05) is 41.5 Å². The molecule has 0 radical (unpaired) electrons. The molecule has 2 heterocycles. The zero-order valence-corrected chi connectivity index (χ0v) is 39.8. The molecule has 0 spiro atoms. The number of rotatable bonds is 14. The number of aliphatic hydroxyl groups is 3. The summed E-state index contributed by atoms with van der Waals surface area (Å²) in [5.74, 6) is -2.60. The fourth-order valence-electron chi connectivity index (χ4n) is 6.58. The molecule has 0 aliphatic rings. The van der Waals surface area contributed by atoms with Crippen LogP contribution in [-0.4, -0.2) is 45.8 Å². The molecule has 4 aromatic rings. The lowest BCUT2D eigenvalue weighted by Gasteiger charge is -2.25. The van der Waals surface area contributed by atoms with Gasteiger partial charge in [0.25, 0.3) is 0 Å². The molecule has 0 bridgehead atoms. The van der Waals surface area contributed by atoms with Crippen molar-refractivity contribution < 1.29 is 37.7 Å². The molecular weight excluding hydrogens is 892 g/mol. The Hall–Kier alpha value is -4.75. The maximum absolute atomic E-state index is 16.4. The highest BCUT2D eigenvalue weighted by Crippen LogP contribution is 2.42. The van der Waals surface area contributed by atoms with Crippen LogP contribution in [0.5, 0.6) is 0 Å². The molecule has 0 saturated carbocycles. The maximum atomic E-state index is 16.4. The van der Waals surface area contributed by atoms with E-state index >= 15 is 4.39 Å². The average Bonchev–Trinajstić information content (AvgIpc) is 3.87. The SMILES string of the molecule is CC(C)c1cc(C#N)cc(C(C)CCC(C)c2c(F)c(C#N)cc(C(C)C)c2NC(=O)N=S(N)(=O)c2sc(C(C)(C)O)nc2CO)c1NC(=O)N=S(N)(=O)c1cnc(C(C)(C)O)s1. The molecule has 4 unspecified atom stereocenters. The number of urea groups is 2. The number of nitrogens with two attached hydrogens (primary N) is 2. The second-order valence-corrected chi connectivity index (χ2v) is 22.8. The fraction of sp³-hybridized carbons (Fsp3) is 0.463. The summed E-state index contributed by atoms with van der Waals surface area (Å²) < 4.78 is 50.9. The topological polar surface area (TPSA) is 303 Å². The second kappa shape index (κ2) is 19.6. The van der Waals surface area contributed by atoms with Crippen molar-refractivity contribution in [3.63, 3.8) is 0 Å². The number of hydrogen-bond acceptors (Lipinski definition) is 13. The van der Waals surface area contributed by atoms with E-state index < -0.39 is 67.4 Å². The first-order valence-electron chi connectivity index (χ1n) is 19.6. The molecule has 0 saturated heterocycles. The molecule has 0 aliphatic carbocycles. The highest BCUT2D eigenvalue weighted by atomic mass is 32.2. The largest absolute Gasteiger partial charge is 0.390 e. The smallest absolute Gasteiger partial charge is 0.354 e. The van der Waals surface area contributed by atoms with Gasteiger partial charge in [-0.3, -0.25) is 0 Å². The van der Waals surface area contributed by atoms with Gasteiger partial charge in [0.1, 0.15) is 41.5 Å². The van der Waals surface area contributed by atoms with Gasteiger partial charge in [0.05, 0.1) is 41.4 Å². The summed E-state index contributed by atoms with van der Waals surface area (Å²) in [6, 6.07) is 6.36. The van der Waals surface area contributed by atoms with Gasteiger partial charge < -0.3 is 26.0 Å². The van der Waals surface area contributed by atoms with E-state index in [2.05, 4.69) is 35.4 Å². The standard InChI is InChI=1S/C41H53FN10O7S4/c1-20(2)26-13-24(16-43)14-28(33(26)49-38(54)51-62(45,58)30-18-47-36(60-30)40(7,8)56)22(5)11-12-23(6)31-32(42)25(17-44)15-27(21(3)4)34(31)50-39(55)52-63(46,59)35-29(19-53)48-37(61-35)41(9,10)57/h13-15,18,20-23,53,56-57H,11-12,19H2,1-10H3,(H3,45,49,51,54,58)(H3,46,50,52,55,59). The molecular formula is C41H53FN10O7S4. The first-order valence-corrected chi connectivity index (χ1v) is 24.4. The fourth-order valence-corrected chi connectivity index (χ4v) is 11.1. The molecule has 9 N–H and O–H groups in total. The number of nitriles is 2. The lowest BCUT2D eigenvalue weighted by atomic mass is 9.83. The van der Waals surface area contributed by atoms with E-state index in [9.17, 15) is 43.9 Å². The van der Waals surface area contributed by atoms with E-state index in [0.717, 1.165) is 22.7 Å². The Morgan fingerprint density at radius 2 is 1.35 bits per heavy atom. The first-order chi connectivity index (χ1) is 29.1. The van der Waals surface area contributed by atoms with Gasteiger partial charge in [-0.05, 0) is 99.1 Å². The number of nitrogens with one attached hydrogen (secondary N) is 2. The summed E-state index contributed by atoms with van der Waals surface area (Å²) in [6.07, 6.45) is 1.73. The van der Waals surface area contributed by atoms with Crippen LogP contribution in [0, 0.1) is 28.5 Å². The van der Waals surface area contributed by atoms with Crippen molar-refractivity contribution in [1.82, 2.24) is 9.97 Å². The zero-order chi connectivity index (χ0) is 47.6. The monoisotopic (exact) mass is 944 g/mol. The van der Waals surface area contributed by atoms with Crippen LogP contribution in [0.15, 0.2) is 41.5 Å². The first kappa shape index (κ1) is 50.9. The van der Waals surface area contributed by atoms with Crippen molar-refractivity contribution in [2.45, 2.75) is 132 Å². The molecule has 4 amide bonds. The van der Waals surface area contributed by atoms with Crippen molar-refractivity contribution >= 4 is 65.9 Å². The third kappa shape index (κ3) is 11.9. The summed E-state index contributed by atoms with van der Waals surface area (Å²) in [7, 11) is -7.85. The minimum atomic E-state index is -4.05. The summed E-state index contributed by atoms with van der Waals surface area (Å²) in [5.41, 5.74) is -1.15. The van der Waals surface area contributed by atoms with Crippen molar-refractivity contribution in [2.24, 2.45) is 19.0 Å². The van der Waals surface area contributed by atoms with Gasteiger partial charge in [-0.2, -0.15) is 10.5 Å². The predicted molar refractivity (Wildman–Crippen MR) is 241 cm³/mol. The average molecular weight is 945 g/mol. The summed E-state index contributed by atoms with van der Waals surface area (Å²) in [5, 5.41) is 68.3. The van der Waals surface area contributed by atoms with Gasteiger partial charge in [0, 0.05) is 11.3 Å². The Kier molecular flexibility index (Phi) is 15.8. The highest BCUT2D eigenvalue weighted by molar-refractivity contribution is 7.94. The number of aromatic nitrogens is 2. The van der Waals surface area contributed by atoms with Crippen LogP contribution >= 0.6 is 22.7 Å². The van der Waals surface area contributed by atoms with Crippen molar-refractivity contribution in [3.8, 4) is 12.1 Å². The van der Waals surface area contributed by atoms with Crippen molar-refractivity contribution in [3.05, 3.63) is 79.3 Å². The van der Waals surface area contributed by atoms with Gasteiger partial charge in [0.2, 0.25) is 0 Å². The molecule has 17 nitrogen and oxygen atoms in total. The lowest BCUT2D eigenvalue weighted by molar-refractivity contribution is 0.0775. The molecule has 4 rings (SSSR count). The third-order valence-electron chi connectivity index (χ3n) is 9.88. The number of aliphatic hydroxyl groups excluding tert-OH is 1. The number of hydrogen-bond donors (Lipinski definition) is 7. The zero-order valence-electron chi connectivity index (χ0n) is 36.6. The quantitative estimate of drug-likeness (QED) is 0.0631. The lowest BCUT2D eigenvalue weighted by Crippen LogP contribution is -2.20. The number of benzene rings is 2. The van der Waals surface area contributed by atoms with E-state index in [1.165, 1.54) is 40.0 Å². The second-order valence-electron chi connectivity index (χ2n) is 16.8. The van der Waals surface area contributed by atoms with Crippen LogP contribution in [0.1, 0.15) is 155 Å². The molecule has 2 aromatic heterocycles.